The molecule has 214 valence electrons. The zero-order valence-electron chi connectivity index (χ0n) is 23.4. The molecule has 0 saturated carbocycles. The van der Waals surface area contributed by atoms with Crippen LogP contribution in [0.25, 0.3) is 0 Å². The van der Waals surface area contributed by atoms with Crippen molar-refractivity contribution in [3.05, 3.63) is 114 Å². The lowest BCUT2D eigenvalue weighted by atomic mass is 9.82. The van der Waals surface area contributed by atoms with Crippen molar-refractivity contribution in [2.24, 2.45) is 5.92 Å². The van der Waals surface area contributed by atoms with Crippen LogP contribution in [0.2, 0.25) is 0 Å². The maximum atomic E-state index is 13.9. The van der Waals surface area contributed by atoms with Gasteiger partial charge in [-0.2, -0.15) is 0 Å². The number of aryl methyl sites for hydroxylation is 1. The van der Waals surface area contributed by atoms with Gasteiger partial charge in [0, 0.05) is 48.6 Å². The quantitative estimate of drug-likeness (QED) is 0.220. The molecule has 3 atom stereocenters. The molecule has 42 heavy (non-hydrogen) atoms. The van der Waals surface area contributed by atoms with Crippen LogP contribution in [0.15, 0.2) is 97.2 Å². The van der Waals surface area contributed by atoms with Gasteiger partial charge in [-0.05, 0) is 42.3 Å². The number of aliphatic hydroxyl groups is 2. The van der Waals surface area contributed by atoms with Crippen LogP contribution in [0, 0.1) is 5.92 Å². The van der Waals surface area contributed by atoms with Crippen molar-refractivity contribution in [2.75, 3.05) is 23.0 Å². The molecule has 2 amide bonds. The Morgan fingerprint density at radius 3 is 2.40 bits per heavy atom. The number of rotatable bonds is 10. The number of fused-ring (bicyclic) bond motifs is 1. The number of nitrogens with zero attached hydrogens (tertiary/aromatic N) is 5. The fraction of sp³-hybridized carbons (Fsp3) is 0.273. The molecule has 1 saturated heterocycles. The van der Waals surface area contributed by atoms with E-state index in [1.165, 1.54) is 0 Å². The molecular formula is C33H33N5O4. The largest absolute Gasteiger partial charge is 0.395 e. The van der Waals surface area contributed by atoms with Crippen LogP contribution in [0.1, 0.15) is 42.5 Å². The topological polar surface area (TPSA) is 112 Å². The molecule has 1 unspecified atom stereocenters. The summed E-state index contributed by atoms with van der Waals surface area (Å²) in [5, 5.41) is 30.5. The lowest BCUT2D eigenvalue weighted by molar-refractivity contribution is -0.138. The molecule has 0 spiro atoms. The molecule has 1 fully saturated rings. The zero-order valence-corrected chi connectivity index (χ0v) is 23.4. The van der Waals surface area contributed by atoms with Crippen LogP contribution in [-0.4, -0.2) is 50.2 Å². The van der Waals surface area contributed by atoms with Crippen LogP contribution >= 0.6 is 0 Å². The van der Waals surface area contributed by atoms with Crippen LogP contribution in [0.4, 0.5) is 17.1 Å². The van der Waals surface area contributed by atoms with E-state index >= 15 is 0 Å². The maximum absolute atomic E-state index is 13.9. The van der Waals surface area contributed by atoms with Gasteiger partial charge in [0.2, 0.25) is 5.91 Å². The smallest absolute Gasteiger partial charge is 0.268 e. The average molecular weight is 564 g/mol. The maximum Gasteiger partial charge on any atom is 0.268 e. The van der Waals surface area contributed by atoms with E-state index in [1.54, 1.807) is 20.5 Å². The fourth-order valence-electron chi connectivity index (χ4n) is 5.73. The Morgan fingerprint density at radius 2 is 1.74 bits per heavy atom. The lowest BCUT2D eigenvalue weighted by Gasteiger charge is -2.32. The molecular weight excluding hydrogens is 530 g/mol. The Labute approximate surface area is 244 Å². The normalized spacial score (nSPS) is 19.7. The second kappa shape index (κ2) is 11.3. The number of benzene rings is 3. The molecule has 0 bridgehead atoms. The molecule has 1 aromatic heterocycles. The lowest BCUT2D eigenvalue weighted by Crippen LogP contribution is -2.44. The molecule has 3 aromatic carbocycles. The van der Waals surface area contributed by atoms with Gasteiger partial charge in [-0.3, -0.25) is 19.2 Å². The van der Waals surface area contributed by atoms with E-state index in [0.717, 1.165) is 5.56 Å². The van der Waals surface area contributed by atoms with Gasteiger partial charge in [-0.15, -0.1) is 5.10 Å². The first-order chi connectivity index (χ1) is 20.4. The SMILES string of the molecule is C[C@@H](/C=C/CCn1cc(C(CO)c2ccccc2)nn1)[C@]1(O)C(=O)N(c2ccccc2)c2ccc(N3CCC3=O)cc21. The number of hydrogen-bond acceptors (Lipinski definition) is 6. The minimum absolute atomic E-state index is 0.0287. The molecule has 0 radical (unpaired) electrons. The third kappa shape index (κ3) is 4.80. The number of aliphatic hydroxyl groups excluding tert-OH is 1. The predicted octanol–water partition coefficient (Wildman–Crippen LogP) is 4.29. The highest BCUT2D eigenvalue weighted by Gasteiger charge is 2.53. The molecule has 4 aromatic rings. The van der Waals surface area contributed by atoms with E-state index in [9.17, 15) is 19.8 Å². The molecule has 6 rings (SSSR count). The average Bonchev–Trinajstić information content (AvgIpc) is 3.56. The van der Waals surface area contributed by atoms with Crippen LogP contribution in [0.5, 0.6) is 0 Å². The van der Waals surface area contributed by atoms with Gasteiger partial charge in [0.25, 0.3) is 5.91 Å². The van der Waals surface area contributed by atoms with Gasteiger partial charge in [0.1, 0.15) is 0 Å². The number of aromatic nitrogens is 3. The minimum atomic E-state index is -1.81. The third-order valence-electron chi connectivity index (χ3n) is 8.24. The molecule has 3 heterocycles. The van der Waals surface area contributed by atoms with Crippen LogP contribution in [0.3, 0.4) is 0 Å². The van der Waals surface area contributed by atoms with Crippen molar-refractivity contribution in [3.8, 4) is 0 Å². The first kappa shape index (κ1) is 27.6. The second-order valence-electron chi connectivity index (χ2n) is 10.8. The van der Waals surface area contributed by atoms with E-state index in [-0.39, 0.29) is 18.4 Å². The summed E-state index contributed by atoms with van der Waals surface area (Å²) in [6.07, 6.45) is 6.73. The third-order valence-corrected chi connectivity index (χ3v) is 8.24. The summed E-state index contributed by atoms with van der Waals surface area (Å²) in [7, 11) is 0. The number of amides is 2. The standard InChI is InChI=1S/C33H33N5O4/c1-23(10-8-9-18-36-21-29(34-35-36)27(22-39)24-11-4-2-5-12-24)33(42)28-20-26(37-19-17-31(37)40)15-16-30(28)38(32(33)41)25-13-6-3-7-14-25/h2-8,10-16,20-21,23,27,39,42H,9,17-19,22H2,1H3/b10-8+/t23-,27?,33+/m0/s1. The number of carbonyl (C=O) groups excluding carboxylic acids is 2. The Balaban J connectivity index is 1.21. The van der Waals surface area contributed by atoms with E-state index in [1.807, 2.05) is 98.1 Å². The molecule has 2 aliphatic heterocycles. The molecule has 0 aliphatic carbocycles. The van der Waals surface area contributed by atoms with Crippen molar-refractivity contribution in [1.29, 1.82) is 0 Å². The van der Waals surface area contributed by atoms with E-state index in [0.29, 0.717) is 54.3 Å². The first-order valence-corrected chi connectivity index (χ1v) is 14.2. The van der Waals surface area contributed by atoms with Crippen molar-refractivity contribution < 1.29 is 19.8 Å². The van der Waals surface area contributed by atoms with Gasteiger partial charge < -0.3 is 15.1 Å². The first-order valence-electron chi connectivity index (χ1n) is 14.2. The highest BCUT2D eigenvalue weighted by molar-refractivity contribution is 6.13. The Hall–Kier alpha value is -4.60. The summed E-state index contributed by atoms with van der Waals surface area (Å²) < 4.78 is 1.73. The Kier molecular flexibility index (Phi) is 7.45. The highest BCUT2D eigenvalue weighted by atomic mass is 16.3. The highest BCUT2D eigenvalue weighted by Crippen LogP contribution is 2.49. The van der Waals surface area contributed by atoms with Crippen molar-refractivity contribution in [3.63, 3.8) is 0 Å². The number of carbonyl (C=O) groups is 2. The van der Waals surface area contributed by atoms with Gasteiger partial charge in [0.15, 0.2) is 5.60 Å². The number of para-hydroxylation sites is 1. The van der Waals surface area contributed by atoms with Crippen LogP contribution in [-0.2, 0) is 21.7 Å². The summed E-state index contributed by atoms with van der Waals surface area (Å²) in [5.41, 5.74) is 2.31. The summed E-state index contributed by atoms with van der Waals surface area (Å²) in [5.74, 6) is -1.20. The van der Waals surface area contributed by atoms with Crippen molar-refractivity contribution in [2.45, 2.75) is 37.8 Å². The molecule has 9 heteroatoms. The predicted molar refractivity (Wildman–Crippen MR) is 159 cm³/mol. The minimum Gasteiger partial charge on any atom is -0.395 e. The van der Waals surface area contributed by atoms with Gasteiger partial charge in [0.05, 0.1) is 23.9 Å². The number of β-lactam (4-membered cyclic amide) rings is 1. The van der Waals surface area contributed by atoms with Gasteiger partial charge in [-0.1, -0.05) is 72.8 Å². The van der Waals surface area contributed by atoms with Crippen molar-refractivity contribution >= 4 is 28.9 Å². The fourth-order valence-corrected chi connectivity index (χ4v) is 5.73. The monoisotopic (exact) mass is 563 g/mol. The molecule has 2 N–H and O–H groups in total. The number of hydrogen-bond donors (Lipinski definition) is 2. The Morgan fingerprint density at radius 1 is 1.00 bits per heavy atom. The summed E-state index contributed by atoms with van der Waals surface area (Å²) in [6, 6.07) is 24.4. The summed E-state index contributed by atoms with van der Waals surface area (Å²) >= 11 is 0. The summed E-state index contributed by atoms with van der Waals surface area (Å²) in [6.45, 7) is 2.93. The number of allylic oxidation sites excluding steroid dienone is 1. The van der Waals surface area contributed by atoms with Gasteiger partial charge in [-0.25, -0.2) is 0 Å². The second-order valence-corrected chi connectivity index (χ2v) is 10.8. The Bertz CT molecular complexity index is 1620. The number of anilines is 3. The van der Waals surface area contributed by atoms with Crippen LogP contribution < -0.4 is 9.80 Å². The molecule has 2 aliphatic rings. The van der Waals surface area contributed by atoms with Gasteiger partial charge >= 0.3 is 0 Å². The van der Waals surface area contributed by atoms with E-state index < -0.39 is 17.4 Å². The summed E-state index contributed by atoms with van der Waals surface area (Å²) in [4.78, 5) is 29.3. The zero-order chi connectivity index (χ0) is 29.3. The van der Waals surface area contributed by atoms with Crippen molar-refractivity contribution in [1.82, 2.24) is 15.0 Å². The molecule has 9 nitrogen and oxygen atoms in total. The van der Waals surface area contributed by atoms with E-state index in [4.69, 9.17) is 0 Å². The van der Waals surface area contributed by atoms with E-state index in [2.05, 4.69) is 10.3 Å².